The second kappa shape index (κ2) is 10.4. The first-order valence-corrected chi connectivity index (χ1v) is 11.4. The number of carbonyl (C=O) groups is 2. The van der Waals surface area contributed by atoms with Crippen LogP contribution in [0.3, 0.4) is 0 Å². The van der Waals surface area contributed by atoms with E-state index >= 15 is 0 Å². The summed E-state index contributed by atoms with van der Waals surface area (Å²) >= 11 is 6.06. The molecule has 174 valence electrons. The molecule has 0 aliphatic rings. The molecule has 0 radical (unpaired) electrons. The highest BCUT2D eigenvalue weighted by Crippen LogP contribution is 2.20. The minimum Gasteiger partial charge on any atom is -0.426 e. The number of halogens is 1. The van der Waals surface area contributed by atoms with Gasteiger partial charge in [0.25, 0.3) is 5.91 Å². The zero-order chi connectivity index (χ0) is 24.1. The Morgan fingerprint density at radius 1 is 0.882 bits per heavy atom. The first kappa shape index (κ1) is 23.3. The Hall–Kier alpha value is -3.84. The third kappa shape index (κ3) is 5.05. The number of ether oxygens (including phenoxy) is 1. The van der Waals surface area contributed by atoms with E-state index in [1.54, 1.807) is 57.7 Å². The Kier molecular flexibility index (Phi) is 7.13. The molecule has 4 rings (SSSR count). The van der Waals surface area contributed by atoms with Gasteiger partial charge in [-0.2, -0.15) is 0 Å². The molecular formula is C26H24ClN3O4. The number of hydrogen-bond acceptors (Lipinski definition) is 4. The molecule has 0 bridgehead atoms. The zero-order valence-corrected chi connectivity index (χ0v) is 19.4. The molecule has 1 heterocycles. The van der Waals surface area contributed by atoms with E-state index in [4.69, 9.17) is 16.3 Å². The van der Waals surface area contributed by atoms with Crippen molar-refractivity contribution in [2.45, 2.75) is 32.9 Å². The fraction of sp³-hybridized carbons (Fsp3) is 0.192. The van der Waals surface area contributed by atoms with E-state index in [1.807, 2.05) is 31.2 Å². The van der Waals surface area contributed by atoms with E-state index in [2.05, 4.69) is 5.32 Å². The molecule has 8 heteroatoms. The number of aryl methyl sites for hydroxylation is 2. The van der Waals surface area contributed by atoms with Crippen LogP contribution in [-0.4, -0.2) is 21.0 Å². The van der Waals surface area contributed by atoms with Crippen molar-refractivity contribution in [1.29, 1.82) is 0 Å². The average molecular weight is 478 g/mol. The quantitative estimate of drug-likeness (QED) is 0.282. The Balaban J connectivity index is 1.38. The first-order valence-electron chi connectivity index (χ1n) is 11.0. The molecule has 0 atom stereocenters. The van der Waals surface area contributed by atoms with Crippen molar-refractivity contribution in [3.05, 3.63) is 93.9 Å². The molecule has 0 saturated heterocycles. The molecule has 1 N–H and O–H groups in total. The van der Waals surface area contributed by atoms with Crippen LogP contribution in [0.5, 0.6) is 5.75 Å². The Bertz CT molecular complexity index is 1390. The van der Waals surface area contributed by atoms with Crippen molar-refractivity contribution in [3.8, 4) is 5.75 Å². The molecule has 0 spiro atoms. The first-order chi connectivity index (χ1) is 16.5. The molecule has 0 fully saturated rings. The van der Waals surface area contributed by atoms with Gasteiger partial charge in [-0.3, -0.25) is 18.7 Å². The maximum Gasteiger partial charge on any atom is 0.329 e. The maximum atomic E-state index is 12.8. The summed E-state index contributed by atoms with van der Waals surface area (Å²) in [6.07, 6.45) is 0.885. The summed E-state index contributed by atoms with van der Waals surface area (Å²) in [6, 6.07) is 20.8. The lowest BCUT2D eigenvalue weighted by Crippen LogP contribution is -2.25. The van der Waals surface area contributed by atoms with Crippen molar-refractivity contribution in [1.82, 2.24) is 9.13 Å². The fourth-order valence-electron chi connectivity index (χ4n) is 3.76. The van der Waals surface area contributed by atoms with E-state index in [0.29, 0.717) is 28.6 Å². The van der Waals surface area contributed by atoms with Gasteiger partial charge in [-0.25, -0.2) is 4.79 Å². The highest BCUT2D eigenvalue weighted by atomic mass is 35.5. The normalized spacial score (nSPS) is 10.9. The van der Waals surface area contributed by atoms with Crippen molar-refractivity contribution in [3.63, 3.8) is 0 Å². The van der Waals surface area contributed by atoms with Crippen LogP contribution in [0, 0.1) is 0 Å². The summed E-state index contributed by atoms with van der Waals surface area (Å²) in [7, 11) is 0. The van der Waals surface area contributed by atoms with Gasteiger partial charge in [-0.15, -0.1) is 0 Å². The van der Waals surface area contributed by atoms with Crippen LogP contribution in [0.1, 0.15) is 30.1 Å². The van der Waals surface area contributed by atoms with Crippen molar-refractivity contribution in [2.24, 2.45) is 0 Å². The second-order valence-electron chi connectivity index (χ2n) is 7.76. The van der Waals surface area contributed by atoms with Crippen LogP contribution >= 0.6 is 11.6 Å². The summed E-state index contributed by atoms with van der Waals surface area (Å²) in [5, 5.41) is 3.12. The highest BCUT2D eigenvalue weighted by molar-refractivity contribution is 6.34. The summed E-state index contributed by atoms with van der Waals surface area (Å²) < 4.78 is 8.75. The van der Waals surface area contributed by atoms with E-state index in [-0.39, 0.29) is 24.6 Å². The van der Waals surface area contributed by atoms with Gasteiger partial charge >= 0.3 is 11.7 Å². The third-order valence-corrected chi connectivity index (χ3v) is 5.70. The molecule has 3 aromatic carbocycles. The number of hydrogen-bond donors (Lipinski definition) is 1. The summed E-state index contributed by atoms with van der Waals surface area (Å²) in [5.41, 5.74) is 2.44. The van der Waals surface area contributed by atoms with Gasteiger partial charge < -0.3 is 10.1 Å². The summed E-state index contributed by atoms with van der Waals surface area (Å²) in [4.78, 5) is 37.6. The van der Waals surface area contributed by atoms with Crippen LogP contribution in [0.2, 0.25) is 5.02 Å². The number of aromatic nitrogens is 2. The largest absolute Gasteiger partial charge is 0.426 e. The molecule has 34 heavy (non-hydrogen) atoms. The van der Waals surface area contributed by atoms with E-state index < -0.39 is 5.97 Å². The number of imidazole rings is 1. The number of benzene rings is 3. The number of anilines is 1. The number of amides is 1. The predicted octanol–water partition coefficient (Wildman–Crippen LogP) is 5.11. The highest BCUT2D eigenvalue weighted by Gasteiger charge is 2.14. The standard InChI is InChI=1S/C26H24ClN3O4/c1-2-16-29-22-9-5-6-10-23(22)30(26(29)33)17-15-24(31)34-19-13-11-18(12-14-19)28-25(32)20-7-3-4-8-21(20)27/h3-14H,2,15-17H2,1H3,(H,28,32). The van der Waals surface area contributed by atoms with Crippen LogP contribution < -0.4 is 15.7 Å². The SMILES string of the molecule is CCCn1c(=O)n(CCC(=O)Oc2ccc(NC(=O)c3ccccc3Cl)cc2)c2ccccc21. The maximum absolute atomic E-state index is 12.8. The molecule has 0 unspecified atom stereocenters. The Labute approximate surface area is 201 Å². The number of fused-ring (bicyclic) bond motifs is 1. The van der Waals surface area contributed by atoms with Gasteiger partial charge in [-0.1, -0.05) is 42.8 Å². The lowest BCUT2D eigenvalue weighted by atomic mass is 10.2. The van der Waals surface area contributed by atoms with Crippen LogP contribution in [0.4, 0.5) is 5.69 Å². The number of nitrogens with zero attached hydrogens (tertiary/aromatic N) is 2. The Morgan fingerprint density at radius 2 is 1.50 bits per heavy atom. The van der Waals surface area contributed by atoms with Gasteiger partial charge in [0.05, 0.1) is 28.0 Å². The Morgan fingerprint density at radius 3 is 2.15 bits per heavy atom. The van der Waals surface area contributed by atoms with E-state index in [0.717, 1.165) is 17.5 Å². The number of rotatable bonds is 8. The summed E-state index contributed by atoms with van der Waals surface area (Å²) in [5.74, 6) is -0.434. The van der Waals surface area contributed by atoms with E-state index in [9.17, 15) is 14.4 Å². The number of esters is 1. The van der Waals surface area contributed by atoms with Crippen molar-refractivity contribution in [2.75, 3.05) is 5.32 Å². The van der Waals surface area contributed by atoms with Gasteiger partial charge in [-0.05, 0) is 55.0 Å². The van der Waals surface area contributed by atoms with E-state index in [1.165, 1.54) is 0 Å². The third-order valence-electron chi connectivity index (χ3n) is 5.37. The summed E-state index contributed by atoms with van der Waals surface area (Å²) in [6.45, 7) is 2.86. The molecule has 0 saturated carbocycles. The molecule has 0 aliphatic carbocycles. The molecule has 4 aromatic rings. The molecule has 1 aromatic heterocycles. The van der Waals surface area contributed by atoms with Crippen molar-refractivity contribution < 1.29 is 14.3 Å². The number of carbonyl (C=O) groups excluding carboxylic acids is 2. The molecule has 1 amide bonds. The molecule has 0 aliphatic heterocycles. The topological polar surface area (TPSA) is 82.3 Å². The monoisotopic (exact) mass is 477 g/mol. The van der Waals surface area contributed by atoms with Crippen LogP contribution in [-0.2, 0) is 17.9 Å². The fourth-order valence-corrected chi connectivity index (χ4v) is 3.99. The van der Waals surface area contributed by atoms with Gasteiger partial charge in [0.1, 0.15) is 5.75 Å². The molecule has 7 nitrogen and oxygen atoms in total. The van der Waals surface area contributed by atoms with Crippen LogP contribution in [0.25, 0.3) is 11.0 Å². The lowest BCUT2D eigenvalue weighted by Gasteiger charge is -2.08. The predicted molar refractivity (Wildman–Crippen MR) is 133 cm³/mol. The van der Waals surface area contributed by atoms with Gasteiger partial charge in [0.2, 0.25) is 0 Å². The average Bonchev–Trinajstić information content (AvgIpc) is 3.10. The minimum absolute atomic E-state index is 0.0467. The van der Waals surface area contributed by atoms with Crippen molar-refractivity contribution >= 4 is 40.2 Å². The van der Waals surface area contributed by atoms with Gasteiger partial charge in [0.15, 0.2) is 0 Å². The number of nitrogens with one attached hydrogen (secondary N) is 1. The zero-order valence-electron chi connectivity index (χ0n) is 18.7. The minimum atomic E-state index is -0.452. The second-order valence-corrected chi connectivity index (χ2v) is 8.16. The lowest BCUT2D eigenvalue weighted by molar-refractivity contribution is -0.134. The van der Waals surface area contributed by atoms with Gasteiger partial charge in [0, 0.05) is 18.8 Å². The smallest absolute Gasteiger partial charge is 0.329 e. The molecular weight excluding hydrogens is 454 g/mol. The van der Waals surface area contributed by atoms with Crippen LogP contribution in [0.15, 0.2) is 77.6 Å². The number of para-hydroxylation sites is 2.